The summed E-state index contributed by atoms with van der Waals surface area (Å²) in [4.78, 5) is 31.9. The largest absolute Gasteiger partial charge is 0.490 e. The molecule has 4 heterocycles. The third-order valence-electron chi connectivity index (χ3n) is 4.82. The van der Waals surface area contributed by atoms with Crippen molar-refractivity contribution in [2.24, 2.45) is 0 Å². The van der Waals surface area contributed by atoms with E-state index in [2.05, 4.69) is 9.97 Å². The standard InChI is InChI=1S/C21H17N3O5/c25-20-18-14(15-3-1-8-27-15)6-7-22-19(18)24(21(26)23-20)12-13-4-5-16-17(11-13)29-10-2-9-28-16/h1,3-8,11H,2,9-10,12H2,(H,23,25,26). The fourth-order valence-corrected chi connectivity index (χ4v) is 3.47. The van der Waals surface area contributed by atoms with Crippen LogP contribution in [0.2, 0.25) is 0 Å². The second-order valence-corrected chi connectivity index (χ2v) is 6.71. The Hall–Kier alpha value is -3.81. The van der Waals surface area contributed by atoms with Crippen LogP contribution in [-0.2, 0) is 6.54 Å². The van der Waals surface area contributed by atoms with E-state index in [0.717, 1.165) is 12.0 Å². The first-order chi connectivity index (χ1) is 14.2. The quantitative estimate of drug-likeness (QED) is 0.576. The van der Waals surface area contributed by atoms with Crippen LogP contribution in [0.25, 0.3) is 22.4 Å². The molecule has 0 unspecified atom stereocenters. The highest BCUT2D eigenvalue weighted by Crippen LogP contribution is 2.31. The molecule has 0 bridgehead atoms. The number of hydrogen-bond donors (Lipinski definition) is 1. The average Bonchev–Trinajstić information content (AvgIpc) is 3.16. The summed E-state index contributed by atoms with van der Waals surface area (Å²) in [6, 6.07) is 10.7. The molecule has 29 heavy (non-hydrogen) atoms. The maximum atomic E-state index is 12.6. The number of H-pyrrole nitrogens is 1. The Balaban J connectivity index is 1.64. The molecular weight excluding hydrogens is 374 g/mol. The van der Waals surface area contributed by atoms with Crippen molar-refractivity contribution in [1.82, 2.24) is 14.5 Å². The van der Waals surface area contributed by atoms with Crippen molar-refractivity contribution in [3.05, 3.63) is 75.3 Å². The molecule has 0 atom stereocenters. The van der Waals surface area contributed by atoms with Gasteiger partial charge < -0.3 is 13.9 Å². The molecule has 0 saturated heterocycles. The fraction of sp³-hybridized carbons (Fsp3) is 0.190. The lowest BCUT2D eigenvalue weighted by Gasteiger charge is -2.12. The normalized spacial score (nSPS) is 13.4. The van der Waals surface area contributed by atoms with Crippen molar-refractivity contribution in [2.45, 2.75) is 13.0 Å². The van der Waals surface area contributed by atoms with E-state index in [0.29, 0.717) is 47.1 Å². The van der Waals surface area contributed by atoms with Gasteiger partial charge in [0.1, 0.15) is 5.76 Å². The van der Waals surface area contributed by atoms with Gasteiger partial charge in [-0.25, -0.2) is 9.78 Å². The van der Waals surface area contributed by atoms with E-state index in [1.807, 2.05) is 18.2 Å². The van der Waals surface area contributed by atoms with Crippen LogP contribution in [0.1, 0.15) is 12.0 Å². The summed E-state index contributed by atoms with van der Waals surface area (Å²) in [5.41, 5.74) is 0.668. The number of nitrogens with zero attached hydrogens (tertiary/aromatic N) is 2. The van der Waals surface area contributed by atoms with Crippen LogP contribution in [-0.4, -0.2) is 27.7 Å². The van der Waals surface area contributed by atoms with E-state index in [4.69, 9.17) is 13.9 Å². The second kappa shape index (κ2) is 6.97. The fourth-order valence-electron chi connectivity index (χ4n) is 3.47. The third kappa shape index (κ3) is 3.08. The van der Waals surface area contributed by atoms with E-state index in [-0.39, 0.29) is 6.54 Å². The maximum absolute atomic E-state index is 12.6. The molecule has 8 heteroatoms. The first-order valence-electron chi connectivity index (χ1n) is 9.25. The molecule has 1 aliphatic rings. The van der Waals surface area contributed by atoms with Gasteiger partial charge in [0.25, 0.3) is 5.56 Å². The molecule has 5 rings (SSSR count). The molecule has 146 valence electrons. The Labute approximate surface area is 164 Å². The van der Waals surface area contributed by atoms with Gasteiger partial charge in [-0.05, 0) is 35.9 Å². The Morgan fingerprint density at radius 3 is 2.76 bits per heavy atom. The summed E-state index contributed by atoms with van der Waals surface area (Å²) >= 11 is 0. The zero-order valence-corrected chi connectivity index (χ0v) is 15.4. The van der Waals surface area contributed by atoms with E-state index < -0.39 is 11.2 Å². The molecular formula is C21H17N3O5. The van der Waals surface area contributed by atoms with Crippen LogP contribution >= 0.6 is 0 Å². The van der Waals surface area contributed by atoms with E-state index in [1.54, 1.807) is 24.4 Å². The molecule has 3 aromatic heterocycles. The van der Waals surface area contributed by atoms with Gasteiger partial charge in [0.15, 0.2) is 17.1 Å². The van der Waals surface area contributed by atoms with Crippen molar-refractivity contribution in [3.63, 3.8) is 0 Å². The number of rotatable bonds is 3. The molecule has 1 aromatic carbocycles. The maximum Gasteiger partial charge on any atom is 0.330 e. The third-order valence-corrected chi connectivity index (χ3v) is 4.82. The summed E-state index contributed by atoms with van der Waals surface area (Å²) in [5.74, 6) is 1.86. The number of aromatic amines is 1. The van der Waals surface area contributed by atoms with Crippen molar-refractivity contribution in [2.75, 3.05) is 13.2 Å². The highest BCUT2D eigenvalue weighted by molar-refractivity contribution is 5.90. The Morgan fingerprint density at radius 1 is 1.07 bits per heavy atom. The summed E-state index contributed by atoms with van der Waals surface area (Å²) < 4.78 is 18.3. The van der Waals surface area contributed by atoms with Crippen molar-refractivity contribution < 1.29 is 13.9 Å². The lowest BCUT2D eigenvalue weighted by molar-refractivity contribution is 0.297. The minimum absolute atomic E-state index is 0.220. The summed E-state index contributed by atoms with van der Waals surface area (Å²) in [6.45, 7) is 1.40. The van der Waals surface area contributed by atoms with E-state index in [1.165, 1.54) is 10.8 Å². The highest BCUT2D eigenvalue weighted by Gasteiger charge is 2.17. The van der Waals surface area contributed by atoms with Crippen LogP contribution in [0.3, 0.4) is 0 Å². The topological polar surface area (TPSA) is 99.4 Å². The number of benzene rings is 1. The number of aromatic nitrogens is 3. The van der Waals surface area contributed by atoms with Gasteiger partial charge in [-0.3, -0.25) is 14.3 Å². The molecule has 0 amide bonds. The molecule has 4 aromatic rings. The first-order valence-corrected chi connectivity index (χ1v) is 9.25. The van der Waals surface area contributed by atoms with Gasteiger partial charge in [0.2, 0.25) is 0 Å². The summed E-state index contributed by atoms with van der Waals surface area (Å²) in [5, 5.41) is 0.302. The zero-order chi connectivity index (χ0) is 19.8. The van der Waals surface area contributed by atoms with Crippen molar-refractivity contribution >= 4 is 11.0 Å². The monoisotopic (exact) mass is 391 g/mol. The molecule has 0 fully saturated rings. The molecule has 1 N–H and O–H groups in total. The number of hydrogen-bond acceptors (Lipinski definition) is 6. The predicted octanol–water partition coefficient (Wildman–Crippen LogP) is 2.55. The van der Waals surface area contributed by atoms with Gasteiger partial charge in [0, 0.05) is 18.2 Å². The number of fused-ring (bicyclic) bond motifs is 2. The Kier molecular flexibility index (Phi) is 4.16. The highest BCUT2D eigenvalue weighted by atomic mass is 16.5. The van der Waals surface area contributed by atoms with Crippen LogP contribution < -0.4 is 20.7 Å². The van der Waals surface area contributed by atoms with Crippen LogP contribution in [0.15, 0.2) is 62.9 Å². The zero-order valence-electron chi connectivity index (χ0n) is 15.4. The molecule has 0 saturated carbocycles. The minimum atomic E-state index is -0.529. The van der Waals surface area contributed by atoms with Crippen molar-refractivity contribution in [3.8, 4) is 22.8 Å². The summed E-state index contributed by atoms with van der Waals surface area (Å²) in [6.07, 6.45) is 3.90. The molecule has 0 spiro atoms. The van der Waals surface area contributed by atoms with E-state index >= 15 is 0 Å². The van der Waals surface area contributed by atoms with Crippen molar-refractivity contribution in [1.29, 1.82) is 0 Å². The minimum Gasteiger partial charge on any atom is -0.490 e. The first kappa shape index (κ1) is 17.3. The molecule has 0 aliphatic carbocycles. The number of nitrogens with one attached hydrogen (secondary N) is 1. The van der Waals surface area contributed by atoms with Gasteiger partial charge in [0.05, 0.1) is 31.4 Å². The molecule has 8 nitrogen and oxygen atoms in total. The lowest BCUT2D eigenvalue weighted by Crippen LogP contribution is -2.31. The van der Waals surface area contributed by atoms with Crippen LogP contribution in [0.5, 0.6) is 11.5 Å². The second-order valence-electron chi connectivity index (χ2n) is 6.71. The smallest absolute Gasteiger partial charge is 0.330 e. The average molecular weight is 391 g/mol. The summed E-state index contributed by atoms with van der Waals surface area (Å²) in [7, 11) is 0. The van der Waals surface area contributed by atoms with Crippen LogP contribution in [0.4, 0.5) is 0 Å². The molecule has 1 aliphatic heterocycles. The number of ether oxygens (including phenoxy) is 2. The van der Waals surface area contributed by atoms with Gasteiger partial charge >= 0.3 is 5.69 Å². The Bertz CT molecular complexity index is 1300. The van der Waals surface area contributed by atoms with Gasteiger partial charge in [-0.2, -0.15) is 0 Å². The van der Waals surface area contributed by atoms with Crippen LogP contribution in [0, 0.1) is 0 Å². The van der Waals surface area contributed by atoms with Gasteiger partial charge in [-0.1, -0.05) is 6.07 Å². The number of pyridine rings is 1. The SMILES string of the molecule is O=c1[nH]c(=O)n(Cc2ccc3c(c2)OCCCO3)c2nccc(-c3ccco3)c12. The lowest BCUT2D eigenvalue weighted by atomic mass is 10.1. The molecule has 0 radical (unpaired) electrons. The van der Waals surface area contributed by atoms with E-state index in [9.17, 15) is 9.59 Å². The van der Waals surface area contributed by atoms with Gasteiger partial charge in [-0.15, -0.1) is 0 Å². The predicted molar refractivity (Wildman–Crippen MR) is 105 cm³/mol. The number of furan rings is 1. The Morgan fingerprint density at radius 2 is 1.93 bits per heavy atom.